The fourth-order valence-electron chi connectivity index (χ4n) is 1.33. The molecule has 0 N–H and O–H groups in total. The Morgan fingerprint density at radius 1 is 1.75 bits per heavy atom. The lowest BCUT2D eigenvalue weighted by atomic mass is 10.3. The summed E-state index contributed by atoms with van der Waals surface area (Å²) in [5, 5.41) is 4.05. The molecule has 62 valence electrons. The van der Waals surface area contributed by atoms with Crippen molar-refractivity contribution >= 4 is 11.9 Å². The maximum Gasteiger partial charge on any atom is 0.242 e. The Balaban J connectivity index is 2.35. The molecule has 1 aliphatic rings. The molecule has 0 saturated heterocycles. The van der Waals surface area contributed by atoms with Crippen LogP contribution in [0.1, 0.15) is 24.5 Å². The molecule has 1 aliphatic carbocycles. The molecule has 12 heavy (non-hydrogen) atoms. The minimum atomic E-state index is 0.467. The topological polar surface area (TPSA) is 47.2 Å². The van der Waals surface area contributed by atoms with Gasteiger partial charge in [-0.1, -0.05) is 0 Å². The lowest BCUT2D eigenvalue weighted by Crippen LogP contribution is -1.94. The van der Waals surface area contributed by atoms with E-state index in [1.165, 1.54) is 24.6 Å². The molecule has 0 amide bonds. The molecule has 4 nitrogen and oxygen atoms in total. The van der Waals surface area contributed by atoms with E-state index in [4.69, 9.17) is 0 Å². The van der Waals surface area contributed by atoms with Crippen LogP contribution in [0.4, 0.5) is 5.82 Å². The molecule has 1 heterocycles. The van der Waals surface area contributed by atoms with Crippen molar-refractivity contribution < 1.29 is 4.79 Å². The smallest absolute Gasteiger partial charge is 0.242 e. The van der Waals surface area contributed by atoms with Gasteiger partial charge in [-0.3, -0.25) is 4.68 Å². The van der Waals surface area contributed by atoms with E-state index >= 15 is 0 Å². The number of carbonyl (C=O) groups excluding carboxylic acids is 1. The van der Waals surface area contributed by atoms with Crippen LogP contribution in [0.5, 0.6) is 0 Å². The van der Waals surface area contributed by atoms with E-state index in [9.17, 15) is 4.79 Å². The van der Waals surface area contributed by atoms with Crippen molar-refractivity contribution in [1.82, 2.24) is 9.78 Å². The zero-order valence-corrected chi connectivity index (χ0v) is 6.82. The third-order valence-corrected chi connectivity index (χ3v) is 2.06. The third kappa shape index (κ3) is 1.17. The highest BCUT2D eigenvalue weighted by atomic mass is 16.1. The Bertz CT molecular complexity index is 345. The summed E-state index contributed by atoms with van der Waals surface area (Å²) in [6.45, 7) is 0. The third-order valence-electron chi connectivity index (χ3n) is 2.06. The summed E-state index contributed by atoms with van der Waals surface area (Å²) >= 11 is 0. The summed E-state index contributed by atoms with van der Waals surface area (Å²) < 4.78 is 1.79. The van der Waals surface area contributed by atoms with Crippen LogP contribution < -0.4 is 0 Å². The predicted octanol–water partition coefficient (Wildman–Crippen LogP) is 1.26. The van der Waals surface area contributed by atoms with Gasteiger partial charge in [-0.25, -0.2) is 4.79 Å². The summed E-state index contributed by atoms with van der Waals surface area (Å²) in [6.07, 6.45) is 3.93. The largest absolute Gasteiger partial charge is 0.270 e. The first-order chi connectivity index (χ1) is 5.81. The van der Waals surface area contributed by atoms with Crippen molar-refractivity contribution in [2.45, 2.75) is 18.8 Å². The number of aryl methyl sites for hydroxylation is 1. The van der Waals surface area contributed by atoms with Crippen LogP contribution in [0.3, 0.4) is 0 Å². The van der Waals surface area contributed by atoms with Gasteiger partial charge in [0.25, 0.3) is 0 Å². The summed E-state index contributed by atoms with van der Waals surface area (Å²) in [5.74, 6) is 1.10. The SMILES string of the molecule is Cn1nc(N=C=O)cc1C1CC1. The summed E-state index contributed by atoms with van der Waals surface area (Å²) in [5.41, 5.74) is 1.17. The van der Waals surface area contributed by atoms with Crippen LogP contribution >= 0.6 is 0 Å². The zero-order valence-electron chi connectivity index (χ0n) is 6.82. The number of hydrogen-bond donors (Lipinski definition) is 0. The van der Waals surface area contributed by atoms with Crippen molar-refractivity contribution in [3.63, 3.8) is 0 Å². The zero-order chi connectivity index (χ0) is 8.55. The molecule has 1 fully saturated rings. The van der Waals surface area contributed by atoms with Gasteiger partial charge in [0.2, 0.25) is 6.08 Å². The molecule has 0 aromatic carbocycles. The van der Waals surface area contributed by atoms with E-state index < -0.39 is 0 Å². The predicted molar refractivity (Wildman–Crippen MR) is 43.0 cm³/mol. The minimum absolute atomic E-state index is 0.467. The average molecular weight is 163 g/mol. The van der Waals surface area contributed by atoms with Gasteiger partial charge in [0.1, 0.15) is 0 Å². The van der Waals surface area contributed by atoms with E-state index in [1.54, 1.807) is 4.68 Å². The van der Waals surface area contributed by atoms with Gasteiger partial charge in [0.15, 0.2) is 5.82 Å². The minimum Gasteiger partial charge on any atom is -0.270 e. The van der Waals surface area contributed by atoms with Crippen LogP contribution in [0.2, 0.25) is 0 Å². The Kier molecular flexibility index (Phi) is 1.55. The second-order valence-electron chi connectivity index (χ2n) is 3.03. The second kappa shape index (κ2) is 2.57. The van der Waals surface area contributed by atoms with Gasteiger partial charge < -0.3 is 0 Å². The summed E-state index contributed by atoms with van der Waals surface area (Å²) in [4.78, 5) is 13.4. The number of nitrogens with zero attached hydrogens (tertiary/aromatic N) is 3. The first kappa shape index (κ1) is 7.25. The van der Waals surface area contributed by atoms with Gasteiger partial charge in [-0.05, 0) is 12.8 Å². The van der Waals surface area contributed by atoms with E-state index in [0.29, 0.717) is 11.7 Å². The maximum absolute atomic E-state index is 9.94. The monoisotopic (exact) mass is 163 g/mol. The molecule has 0 radical (unpaired) electrons. The maximum atomic E-state index is 9.94. The fourth-order valence-corrected chi connectivity index (χ4v) is 1.33. The molecule has 1 aromatic heterocycles. The Hall–Kier alpha value is -1.41. The quantitative estimate of drug-likeness (QED) is 0.486. The Morgan fingerprint density at radius 3 is 3.08 bits per heavy atom. The molecule has 0 unspecified atom stereocenters. The van der Waals surface area contributed by atoms with Gasteiger partial charge in [-0.15, -0.1) is 4.99 Å². The molecule has 2 rings (SSSR count). The Morgan fingerprint density at radius 2 is 2.50 bits per heavy atom. The Labute approximate surface area is 69.9 Å². The standard InChI is InChI=1S/C8H9N3O/c1-11-7(6-2-3-6)4-8(10-11)9-5-12/h4,6H,2-3H2,1H3. The molecule has 0 spiro atoms. The molecule has 1 saturated carbocycles. The van der Waals surface area contributed by atoms with Crippen molar-refractivity contribution in [2.75, 3.05) is 0 Å². The van der Waals surface area contributed by atoms with Crippen LogP contribution in [0.25, 0.3) is 0 Å². The van der Waals surface area contributed by atoms with Crippen molar-refractivity contribution in [1.29, 1.82) is 0 Å². The van der Waals surface area contributed by atoms with Crippen molar-refractivity contribution in [3.05, 3.63) is 11.8 Å². The van der Waals surface area contributed by atoms with Gasteiger partial charge in [0.05, 0.1) is 0 Å². The van der Waals surface area contributed by atoms with Crippen molar-refractivity contribution in [2.24, 2.45) is 12.0 Å². The fraction of sp³-hybridized carbons (Fsp3) is 0.500. The summed E-state index contributed by atoms with van der Waals surface area (Å²) in [6, 6.07) is 1.85. The molecular formula is C8H9N3O. The van der Waals surface area contributed by atoms with Gasteiger partial charge >= 0.3 is 0 Å². The van der Waals surface area contributed by atoms with Gasteiger partial charge in [0, 0.05) is 24.7 Å². The lowest BCUT2D eigenvalue weighted by molar-refractivity contribution is 0.565. The number of hydrogen-bond acceptors (Lipinski definition) is 3. The molecule has 0 bridgehead atoms. The number of isocyanates is 1. The molecule has 1 aromatic rings. The lowest BCUT2D eigenvalue weighted by Gasteiger charge is -1.94. The van der Waals surface area contributed by atoms with Crippen molar-refractivity contribution in [3.8, 4) is 0 Å². The molecule has 0 aliphatic heterocycles. The molecule has 4 heteroatoms. The molecular weight excluding hydrogens is 154 g/mol. The summed E-state index contributed by atoms with van der Waals surface area (Å²) in [7, 11) is 1.87. The number of aromatic nitrogens is 2. The van der Waals surface area contributed by atoms with Crippen LogP contribution in [-0.4, -0.2) is 15.9 Å². The normalized spacial score (nSPS) is 15.8. The molecule has 0 atom stereocenters. The van der Waals surface area contributed by atoms with E-state index in [1.807, 2.05) is 13.1 Å². The van der Waals surface area contributed by atoms with Crippen LogP contribution in [0.15, 0.2) is 11.1 Å². The average Bonchev–Trinajstić information content (AvgIpc) is 2.79. The number of rotatable bonds is 2. The van der Waals surface area contributed by atoms with Crippen LogP contribution in [0, 0.1) is 0 Å². The van der Waals surface area contributed by atoms with Crippen LogP contribution in [-0.2, 0) is 11.8 Å². The van der Waals surface area contributed by atoms with E-state index in [0.717, 1.165) is 0 Å². The highest BCUT2D eigenvalue weighted by Gasteiger charge is 2.27. The first-order valence-electron chi connectivity index (χ1n) is 3.93. The number of aliphatic imine (C=N–C) groups is 1. The van der Waals surface area contributed by atoms with E-state index in [-0.39, 0.29) is 0 Å². The second-order valence-corrected chi connectivity index (χ2v) is 3.03. The van der Waals surface area contributed by atoms with E-state index in [2.05, 4.69) is 10.1 Å². The van der Waals surface area contributed by atoms with Gasteiger partial charge in [-0.2, -0.15) is 5.10 Å². The highest BCUT2D eigenvalue weighted by Crippen LogP contribution is 2.40. The highest BCUT2D eigenvalue weighted by molar-refractivity contribution is 5.45. The first-order valence-corrected chi connectivity index (χ1v) is 3.93.